The van der Waals surface area contributed by atoms with Crippen LogP contribution in [0.1, 0.15) is 36.6 Å². The quantitative estimate of drug-likeness (QED) is 0.663. The van der Waals surface area contributed by atoms with Crippen LogP contribution < -0.4 is 5.32 Å². The predicted molar refractivity (Wildman–Crippen MR) is 102 cm³/mol. The second kappa shape index (κ2) is 5.71. The zero-order valence-corrected chi connectivity index (χ0v) is 14.6. The molecule has 26 heavy (non-hydrogen) atoms. The van der Waals surface area contributed by atoms with Gasteiger partial charge in [0.25, 0.3) is 0 Å². The zero-order valence-electron chi connectivity index (χ0n) is 14.6. The normalized spacial score (nSPS) is 21.2. The Morgan fingerprint density at radius 3 is 2.58 bits per heavy atom. The molecule has 2 heterocycles. The standard InChI is InChI=1S/C22H22N2O2/c25-21(26)22(10-4-11-22)20-19-16(9-12-23-20)17-13-15(7-8-18(17)24-19)14-5-2-1-3-6-14/h1-3,5-8,13,20,23-24H,4,9-12H2,(H,25,26). The summed E-state index contributed by atoms with van der Waals surface area (Å²) in [7, 11) is 0. The minimum atomic E-state index is -0.669. The number of carbonyl (C=O) groups is 1. The van der Waals surface area contributed by atoms with Crippen molar-refractivity contribution in [3.8, 4) is 11.1 Å². The van der Waals surface area contributed by atoms with Crippen LogP contribution in [0.4, 0.5) is 0 Å². The highest BCUT2D eigenvalue weighted by molar-refractivity contribution is 5.90. The highest BCUT2D eigenvalue weighted by Crippen LogP contribution is 2.52. The maximum absolute atomic E-state index is 12.0. The molecule has 2 aliphatic rings. The van der Waals surface area contributed by atoms with Gasteiger partial charge < -0.3 is 15.4 Å². The van der Waals surface area contributed by atoms with Gasteiger partial charge in [-0.3, -0.25) is 4.79 Å². The molecule has 0 spiro atoms. The van der Waals surface area contributed by atoms with Gasteiger partial charge >= 0.3 is 5.97 Å². The average molecular weight is 346 g/mol. The van der Waals surface area contributed by atoms with Crippen LogP contribution in [0.5, 0.6) is 0 Å². The predicted octanol–water partition coefficient (Wildman–Crippen LogP) is 4.28. The number of H-pyrrole nitrogens is 1. The lowest BCUT2D eigenvalue weighted by molar-refractivity contribution is -0.158. The highest BCUT2D eigenvalue weighted by atomic mass is 16.4. The van der Waals surface area contributed by atoms with Gasteiger partial charge in [-0.25, -0.2) is 0 Å². The Morgan fingerprint density at radius 1 is 1.08 bits per heavy atom. The van der Waals surface area contributed by atoms with Crippen molar-refractivity contribution in [2.45, 2.75) is 31.7 Å². The number of hydrogen-bond donors (Lipinski definition) is 3. The van der Waals surface area contributed by atoms with E-state index in [1.807, 2.05) is 6.07 Å². The molecule has 2 aromatic carbocycles. The molecule has 1 unspecified atom stereocenters. The lowest BCUT2D eigenvalue weighted by Gasteiger charge is -2.45. The Kier molecular flexibility index (Phi) is 3.44. The van der Waals surface area contributed by atoms with E-state index in [1.54, 1.807) is 0 Å². The van der Waals surface area contributed by atoms with Crippen LogP contribution in [0.25, 0.3) is 22.0 Å². The molecule has 4 nitrogen and oxygen atoms in total. The topological polar surface area (TPSA) is 65.1 Å². The largest absolute Gasteiger partial charge is 0.481 e. The lowest BCUT2D eigenvalue weighted by Crippen LogP contribution is -2.50. The number of aliphatic carboxylic acids is 1. The van der Waals surface area contributed by atoms with Crippen molar-refractivity contribution in [1.82, 2.24) is 10.3 Å². The van der Waals surface area contributed by atoms with Crippen LogP contribution in [0, 0.1) is 5.41 Å². The number of carboxylic acid groups (broad SMARTS) is 1. The zero-order chi connectivity index (χ0) is 17.7. The fourth-order valence-corrected chi connectivity index (χ4v) is 4.69. The summed E-state index contributed by atoms with van der Waals surface area (Å²) in [5.74, 6) is -0.669. The first-order valence-corrected chi connectivity index (χ1v) is 9.36. The summed E-state index contributed by atoms with van der Waals surface area (Å²) in [6.45, 7) is 0.829. The van der Waals surface area contributed by atoms with Crippen molar-refractivity contribution in [2.75, 3.05) is 6.54 Å². The van der Waals surface area contributed by atoms with E-state index in [0.29, 0.717) is 0 Å². The van der Waals surface area contributed by atoms with Gasteiger partial charge in [-0.1, -0.05) is 42.8 Å². The fraction of sp³-hybridized carbons (Fsp3) is 0.318. The summed E-state index contributed by atoms with van der Waals surface area (Å²) in [5, 5.41) is 14.6. The van der Waals surface area contributed by atoms with E-state index in [0.717, 1.165) is 43.4 Å². The van der Waals surface area contributed by atoms with E-state index in [9.17, 15) is 9.90 Å². The number of rotatable bonds is 3. The SMILES string of the molecule is O=C(O)C1(C2NCCc3c2[nH]c2ccc(-c4ccccc4)cc32)CCC1. The fourth-order valence-electron chi connectivity index (χ4n) is 4.69. The van der Waals surface area contributed by atoms with Crippen LogP contribution in [0.15, 0.2) is 48.5 Å². The van der Waals surface area contributed by atoms with Crippen molar-refractivity contribution in [3.63, 3.8) is 0 Å². The first kappa shape index (κ1) is 15.6. The van der Waals surface area contributed by atoms with Gasteiger partial charge in [-0.05, 0) is 54.6 Å². The van der Waals surface area contributed by atoms with Gasteiger partial charge in [-0.2, -0.15) is 0 Å². The Morgan fingerprint density at radius 2 is 1.88 bits per heavy atom. The van der Waals surface area contributed by atoms with Crippen LogP contribution in [0.3, 0.4) is 0 Å². The number of aromatic nitrogens is 1. The molecule has 0 radical (unpaired) electrons. The molecule has 1 saturated carbocycles. The Hall–Kier alpha value is -2.59. The minimum absolute atomic E-state index is 0.120. The molecule has 0 saturated heterocycles. The van der Waals surface area contributed by atoms with Gasteiger partial charge in [0.1, 0.15) is 0 Å². The molecular formula is C22H22N2O2. The summed E-state index contributed by atoms with van der Waals surface area (Å²) in [4.78, 5) is 15.6. The van der Waals surface area contributed by atoms with Crippen molar-refractivity contribution >= 4 is 16.9 Å². The molecule has 4 heteroatoms. The van der Waals surface area contributed by atoms with E-state index in [2.05, 4.69) is 52.8 Å². The second-order valence-electron chi connectivity index (χ2n) is 7.60. The number of fused-ring (bicyclic) bond motifs is 3. The van der Waals surface area contributed by atoms with E-state index in [-0.39, 0.29) is 6.04 Å². The van der Waals surface area contributed by atoms with E-state index in [4.69, 9.17) is 0 Å². The Balaban J connectivity index is 1.64. The van der Waals surface area contributed by atoms with Gasteiger partial charge in [0.15, 0.2) is 0 Å². The maximum atomic E-state index is 12.0. The van der Waals surface area contributed by atoms with Gasteiger partial charge in [0, 0.05) is 16.6 Å². The smallest absolute Gasteiger partial charge is 0.311 e. The minimum Gasteiger partial charge on any atom is -0.481 e. The first-order chi connectivity index (χ1) is 12.7. The van der Waals surface area contributed by atoms with Crippen molar-refractivity contribution in [3.05, 3.63) is 59.8 Å². The van der Waals surface area contributed by atoms with Crippen molar-refractivity contribution < 1.29 is 9.90 Å². The molecule has 1 aliphatic heterocycles. The Bertz CT molecular complexity index is 986. The van der Waals surface area contributed by atoms with Gasteiger partial charge in [0.2, 0.25) is 0 Å². The molecule has 1 atom stereocenters. The maximum Gasteiger partial charge on any atom is 0.311 e. The number of hydrogen-bond acceptors (Lipinski definition) is 2. The van der Waals surface area contributed by atoms with Gasteiger partial charge in [-0.15, -0.1) is 0 Å². The molecule has 0 amide bonds. The Labute approximate surface area is 152 Å². The van der Waals surface area contributed by atoms with Crippen LogP contribution in [-0.4, -0.2) is 22.6 Å². The van der Waals surface area contributed by atoms with E-state index in [1.165, 1.54) is 22.1 Å². The number of nitrogens with one attached hydrogen (secondary N) is 2. The van der Waals surface area contributed by atoms with Crippen LogP contribution in [-0.2, 0) is 11.2 Å². The summed E-state index contributed by atoms with van der Waals surface area (Å²) in [5.41, 5.74) is 5.22. The highest BCUT2D eigenvalue weighted by Gasteiger charge is 2.52. The molecule has 132 valence electrons. The van der Waals surface area contributed by atoms with Crippen molar-refractivity contribution in [2.24, 2.45) is 5.41 Å². The molecule has 1 aliphatic carbocycles. The third kappa shape index (κ3) is 2.15. The molecule has 3 aromatic rings. The summed E-state index contributed by atoms with van der Waals surface area (Å²) < 4.78 is 0. The average Bonchev–Trinajstić information content (AvgIpc) is 3.00. The monoisotopic (exact) mass is 346 g/mol. The molecule has 3 N–H and O–H groups in total. The summed E-state index contributed by atoms with van der Waals surface area (Å²) in [6.07, 6.45) is 3.44. The van der Waals surface area contributed by atoms with Crippen LogP contribution in [0.2, 0.25) is 0 Å². The number of carboxylic acids is 1. The van der Waals surface area contributed by atoms with Gasteiger partial charge in [0.05, 0.1) is 11.5 Å². The summed E-state index contributed by atoms with van der Waals surface area (Å²) >= 11 is 0. The third-order valence-corrected chi connectivity index (χ3v) is 6.28. The molecule has 1 fully saturated rings. The number of benzene rings is 2. The summed E-state index contributed by atoms with van der Waals surface area (Å²) in [6, 6.07) is 16.8. The number of aromatic amines is 1. The lowest BCUT2D eigenvalue weighted by atomic mass is 9.62. The molecule has 1 aromatic heterocycles. The van der Waals surface area contributed by atoms with E-state index >= 15 is 0 Å². The van der Waals surface area contributed by atoms with E-state index < -0.39 is 11.4 Å². The molecular weight excluding hydrogens is 324 g/mol. The van der Waals surface area contributed by atoms with Crippen LogP contribution >= 0.6 is 0 Å². The molecule has 0 bridgehead atoms. The second-order valence-corrected chi connectivity index (χ2v) is 7.60. The van der Waals surface area contributed by atoms with Crippen molar-refractivity contribution in [1.29, 1.82) is 0 Å². The third-order valence-electron chi connectivity index (χ3n) is 6.28. The molecule has 5 rings (SSSR count). The first-order valence-electron chi connectivity index (χ1n) is 9.36.